The fourth-order valence-electron chi connectivity index (χ4n) is 2.11. The second-order valence-corrected chi connectivity index (χ2v) is 5.28. The number of benzene rings is 1. The molecule has 1 saturated heterocycles. The van der Waals surface area contributed by atoms with Gasteiger partial charge in [-0.3, -0.25) is 4.90 Å². The first-order chi connectivity index (χ1) is 7.84. The SMILES string of the molecule is CN1CCNCC1c1nc2ccccc2s1. The summed E-state index contributed by atoms with van der Waals surface area (Å²) in [5.74, 6) is 0. The van der Waals surface area contributed by atoms with E-state index in [1.54, 1.807) is 0 Å². The van der Waals surface area contributed by atoms with Gasteiger partial charge in [-0.1, -0.05) is 12.1 Å². The Balaban J connectivity index is 1.98. The van der Waals surface area contributed by atoms with Crippen LogP contribution in [0.1, 0.15) is 11.0 Å². The monoisotopic (exact) mass is 233 g/mol. The van der Waals surface area contributed by atoms with Gasteiger partial charge < -0.3 is 5.32 Å². The molecule has 84 valence electrons. The van der Waals surface area contributed by atoms with Gasteiger partial charge in [0.05, 0.1) is 16.3 Å². The normalized spacial score (nSPS) is 22.7. The van der Waals surface area contributed by atoms with Crippen LogP contribution in [0.4, 0.5) is 0 Å². The maximum absolute atomic E-state index is 4.72. The molecule has 1 atom stereocenters. The molecule has 1 aromatic heterocycles. The Kier molecular flexibility index (Phi) is 2.63. The fourth-order valence-corrected chi connectivity index (χ4v) is 3.25. The summed E-state index contributed by atoms with van der Waals surface area (Å²) in [7, 11) is 2.18. The molecule has 1 N–H and O–H groups in total. The molecule has 4 heteroatoms. The van der Waals surface area contributed by atoms with Crippen molar-refractivity contribution < 1.29 is 0 Å². The molecule has 0 amide bonds. The summed E-state index contributed by atoms with van der Waals surface area (Å²) in [6, 6.07) is 8.80. The van der Waals surface area contributed by atoms with E-state index >= 15 is 0 Å². The number of nitrogens with one attached hydrogen (secondary N) is 1. The van der Waals surface area contributed by atoms with Gasteiger partial charge in [0, 0.05) is 19.6 Å². The van der Waals surface area contributed by atoms with E-state index in [2.05, 4.69) is 41.5 Å². The number of para-hydroxylation sites is 1. The Morgan fingerprint density at radius 2 is 2.31 bits per heavy atom. The molecule has 1 aromatic carbocycles. The average Bonchev–Trinajstić information content (AvgIpc) is 2.73. The summed E-state index contributed by atoms with van der Waals surface area (Å²) in [6.07, 6.45) is 0. The average molecular weight is 233 g/mol. The van der Waals surface area contributed by atoms with Crippen molar-refractivity contribution in [2.24, 2.45) is 0 Å². The number of thiazole rings is 1. The highest BCUT2D eigenvalue weighted by Crippen LogP contribution is 2.29. The lowest BCUT2D eigenvalue weighted by Gasteiger charge is -2.31. The van der Waals surface area contributed by atoms with E-state index < -0.39 is 0 Å². The van der Waals surface area contributed by atoms with Gasteiger partial charge in [-0.15, -0.1) is 11.3 Å². The van der Waals surface area contributed by atoms with Crippen molar-refractivity contribution in [2.75, 3.05) is 26.7 Å². The number of hydrogen-bond donors (Lipinski definition) is 1. The zero-order chi connectivity index (χ0) is 11.0. The van der Waals surface area contributed by atoms with Crippen LogP contribution in [-0.4, -0.2) is 36.6 Å². The lowest BCUT2D eigenvalue weighted by molar-refractivity contribution is 0.202. The van der Waals surface area contributed by atoms with Gasteiger partial charge in [-0.05, 0) is 19.2 Å². The molecule has 3 rings (SSSR count). The van der Waals surface area contributed by atoms with E-state index in [-0.39, 0.29) is 0 Å². The van der Waals surface area contributed by atoms with Crippen LogP contribution in [-0.2, 0) is 0 Å². The van der Waals surface area contributed by atoms with Crippen LogP contribution < -0.4 is 5.32 Å². The zero-order valence-corrected chi connectivity index (χ0v) is 10.1. The Morgan fingerprint density at radius 3 is 3.12 bits per heavy atom. The molecule has 0 spiro atoms. The standard InChI is InChI=1S/C12H15N3S/c1-15-7-6-13-8-10(15)12-14-9-4-2-3-5-11(9)16-12/h2-5,10,13H,6-8H2,1H3. The summed E-state index contributed by atoms with van der Waals surface area (Å²) in [6.45, 7) is 3.19. The maximum Gasteiger partial charge on any atom is 0.112 e. The molecule has 1 unspecified atom stereocenters. The molecule has 0 saturated carbocycles. The molecule has 3 nitrogen and oxygen atoms in total. The smallest absolute Gasteiger partial charge is 0.112 e. The number of likely N-dealkylation sites (N-methyl/N-ethyl adjacent to an activating group) is 1. The van der Waals surface area contributed by atoms with Crippen LogP contribution in [0.25, 0.3) is 10.2 Å². The van der Waals surface area contributed by atoms with E-state index in [1.165, 1.54) is 9.71 Å². The number of nitrogens with zero attached hydrogens (tertiary/aromatic N) is 2. The molecule has 2 aromatic rings. The minimum Gasteiger partial charge on any atom is -0.313 e. The first-order valence-electron chi connectivity index (χ1n) is 5.61. The third kappa shape index (κ3) is 1.73. The molecule has 0 radical (unpaired) electrons. The van der Waals surface area contributed by atoms with Crippen molar-refractivity contribution in [3.63, 3.8) is 0 Å². The van der Waals surface area contributed by atoms with Gasteiger partial charge in [0.2, 0.25) is 0 Å². The van der Waals surface area contributed by atoms with Crippen LogP contribution in [0, 0.1) is 0 Å². The summed E-state index contributed by atoms with van der Waals surface area (Å²) in [5, 5.41) is 4.67. The van der Waals surface area contributed by atoms with Crippen LogP contribution in [0.2, 0.25) is 0 Å². The molecule has 1 fully saturated rings. The van der Waals surface area contributed by atoms with Gasteiger partial charge >= 0.3 is 0 Å². The highest BCUT2D eigenvalue weighted by molar-refractivity contribution is 7.18. The van der Waals surface area contributed by atoms with Crippen molar-refractivity contribution >= 4 is 21.6 Å². The topological polar surface area (TPSA) is 28.2 Å². The summed E-state index contributed by atoms with van der Waals surface area (Å²) in [5.41, 5.74) is 1.13. The van der Waals surface area contributed by atoms with Gasteiger partial charge in [0.1, 0.15) is 5.01 Å². The van der Waals surface area contributed by atoms with Crippen molar-refractivity contribution in [3.05, 3.63) is 29.3 Å². The lowest BCUT2D eigenvalue weighted by Crippen LogP contribution is -2.43. The summed E-state index contributed by atoms with van der Waals surface area (Å²) in [4.78, 5) is 7.11. The molecule has 1 aliphatic heterocycles. The first-order valence-corrected chi connectivity index (χ1v) is 6.42. The van der Waals surface area contributed by atoms with E-state index in [4.69, 9.17) is 4.98 Å². The lowest BCUT2D eigenvalue weighted by atomic mass is 10.2. The molecule has 0 aliphatic carbocycles. The molecule has 2 heterocycles. The Bertz CT molecular complexity index is 461. The largest absolute Gasteiger partial charge is 0.313 e. The molecule has 16 heavy (non-hydrogen) atoms. The maximum atomic E-state index is 4.72. The summed E-state index contributed by atoms with van der Waals surface area (Å²) < 4.78 is 1.29. The Labute approximate surface area is 99.1 Å². The van der Waals surface area contributed by atoms with Gasteiger partial charge in [-0.25, -0.2) is 4.98 Å². The van der Waals surface area contributed by atoms with Crippen molar-refractivity contribution in [1.29, 1.82) is 0 Å². The van der Waals surface area contributed by atoms with Crippen molar-refractivity contribution in [3.8, 4) is 0 Å². The minimum absolute atomic E-state index is 0.436. The third-order valence-corrected chi connectivity index (χ3v) is 4.24. The molecular formula is C12H15N3S. The number of fused-ring (bicyclic) bond motifs is 1. The first kappa shape index (κ1) is 10.2. The zero-order valence-electron chi connectivity index (χ0n) is 9.31. The van der Waals surface area contributed by atoms with Gasteiger partial charge in [0.25, 0.3) is 0 Å². The minimum atomic E-state index is 0.436. The van der Waals surface area contributed by atoms with Crippen LogP contribution in [0.5, 0.6) is 0 Å². The number of aromatic nitrogens is 1. The number of hydrogen-bond acceptors (Lipinski definition) is 4. The molecule has 1 aliphatic rings. The van der Waals surface area contributed by atoms with Crippen LogP contribution in [0.3, 0.4) is 0 Å². The molecule has 0 bridgehead atoms. The van der Waals surface area contributed by atoms with Crippen molar-refractivity contribution in [1.82, 2.24) is 15.2 Å². The highest BCUT2D eigenvalue weighted by Gasteiger charge is 2.23. The highest BCUT2D eigenvalue weighted by atomic mass is 32.1. The quantitative estimate of drug-likeness (QED) is 0.815. The fraction of sp³-hybridized carbons (Fsp3) is 0.417. The molecular weight excluding hydrogens is 218 g/mol. The predicted molar refractivity (Wildman–Crippen MR) is 67.9 cm³/mol. The van der Waals surface area contributed by atoms with E-state index in [0.717, 1.165) is 25.2 Å². The summed E-state index contributed by atoms with van der Waals surface area (Å²) >= 11 is 1.81. The van der Waals surface area contributed by atoms with E-state index in [9.17, 15) is 0 Å². The van der Waals surface area contributed by atoms with E-state index in [0.29, 0.717) is 6.04 Å². The van der Waals surface area contributed by atoms with Crippen LogP contribution in [0.15, 0.2) is 24.3 Å². The van der Waals surface area contributed by atoms with Crippen LogP contribution >= 0.6 is 11.3 Å². The van der Waals surface area contributed by atoms with E-state index in [1.807, 2.05) is 11.3 Å². The third-order valence-electron chi connectivity index (χ3n) is 3.11. The second-order valence-electron chi connectivity index (χ2n) is 4.22. The Hall–Kier alpha value is -0.970. The Morgan fingerprint density at radius 1 is 1.44 bits per heavy atom. The van der Waals surface area contributed by atoms with Gasteiger partial charge in [-0.2, -0.15) is 0 Å². The predicted octanol–water partition coefficient (Wildman–Crippen LogP) is 1.87. The number of piperazine rings is 1. The second kappa shape index (κ2) is 4.13. The van der Waals surface area contributed by atoms with Gasteiger partial charge in [0.15, 0.2) is 0 Å². The number of rotatable bonds is 1. The van der Waals surface area contributed by atoms with Crippen molar-refractivity contribution in [2.45, 2.75) is 6.04 Å².